The zero-order valence-corrected chi connectivity index (χ0v) is 12.7. The summed E-state index contributed by atoms with van der Waals surface area (Å²) in [6, 6.07) is 5.98. The van der Waals surface area contributed by atoms with Crippen molar-refractivity contribution in [2.75, 3.05) is 17.2 Å². The molecule has 2 rings (SSSR count). The average molecular weight is 289 g/mol. The van der Waals surface area contributed by atoms with Crippen LogP contribution in [0.4, 0.5) is 11.4 Å². The smallest absolute Gasteiger partial charge is 0.238 e. The molecular formula is C16H23N3O2. The van der Waals surface area contributed by atoms with Crippen LogP contribution in [0.3, 0.4) is 0 Å². The SMILES string of the molecule is CC(=O)Nc1cc(NC(=O)CNC2CCCC2)ccc1C. The maximum atomic E-state index is 11.9. The number of amides is 2. The molecule has 0 unspecified atom stereocenters. The molecule has 2 amide bonds. The van der Waals surface area contributed by atoms with Gasteiger partial charge in [0.05, 0.1) is 6.54 Å². The lowest BCUT2D eigenvalue weighted by Crippen LogP contribution is -2.34. The van der Waals surface area contributed by atoms with Crippen LogP contribution < -0.4 is 16.0 Å². The van der Waals surface area contributed by atoms with Crippen LogP contribution in [0.5, 0.6) is 0 Å². The first-order valence-corrected chi connectivity index (χ1v) is 7.46. The Morgan fingerprint density at radius 2 is 1.90 bits per heavy atom. The fourth-order valence-electron chi connectivity index (χ4n) is 2.60. The number of hydrogen-bond donors (Lipinski definition) is 3. The van der Waals surface area contributed by atoms with Crippen molar-refractivity contribution < 1.29 is 9.59 Å². The van der Waals surface area contributed by atoms with Crippen LogP contribution in [-0.2, 0) is 9.59 Å². The Morgan fingerprint density at radius 3 is 2.57 bits per heavy atom. The first-order chi connectivity index (χ1) is 10.0. The summed E-state index contributed by atoms with van der Waals surface area (Å²) < 4.78 is 0. The van der Waals surface area contributed by atoms with Crippen LogP contribution in [0.15, 0.2) is 18.2 Å². The molecule has 0 bridgehead atoms. The Morgan fingerprint density at radius 1 is 1.19 bits per heavy atom. The molecular weight excluding hydrogens is 266 g/mol. The normalized spacial score (nSPS) is 15.0. The Labute approximate surface area is 125 Å². The highest BCUT2D eigenvalue weighted by atomic mass is 16.2. The van der Waals surface area contributed by atoms with Gasteiger partial charge in [0.2, 0.25) is 11.8 Å². The van der Waals surface area contributed by atoms with E-state index in [2.05, 4.69) is 16.0 Å². The number of nitrogens with one attached hydrogen (secondary N) is 3. The lowest BCUT2D eigenvalue weighted by atomic mass is 10.1. The lowest BCUT2D eigenvalue weighted by molar-refractivity contribution is -0.115. The average Bonchev–Trinajstić information content (AvgIpc) is 2.93. The minimum absolute atomic E-state index is 0.0560. The van der Waals surface area contributed by atoms with Crippen LogP contribution in [0.25, 0.3) is 0 Å². The van der Waals surface area contributed by atoms with Crippen LogP contribution in [0.2, 0.25) is 0 Å². The predicted octanol–water partition coefficient (Wildman–Crippen LogP) is 2.42. The Bertz CT molecular complexity index is 522. The number of hydrogen-bond acceptors (Lipinski definition) is 3. The van der Waals surface area contributed by atoms with E-state index in [-0.39, 0.29) is 11.8 Å². The first-order valence-electron chi connectivity index (χ1n) is 7.46. The van der Waals surface area contributed by atoms with Crippen molar-refractivity contribution in [3.05, 3.63) is 23.8 Å². The van der Waals surface area contributed by atoms with Gasteiger partial charge in [-0.1, -0.05) is 18.9 Å². The molecule has 114 valence electrons. The van der Waals surface area contributed by atoms with E-state index in [1.807, 2.05) is 19.1 Å². The third-order valence-electron chi connectivity index (χ3n) is 3.74. The van der Waals surface area contributed by atoms with Gasteiger partial charge < -0.3 is 16.0 Å². The maximum absolute atomic E-state index is 11.9. The van der Waals surface area contributed by atoms with Gasteiger partial charge in [-0.25, -0.2) is 0 Å². The molecule has 0 aromatic heterocycles. The largest absolute Gasteiger partial charge is 0.326 e. The summed E-state index contributed by atoms with van der Waals surface area (Å²) in [4.78, 5) is 23.1. The van der Waals surface area contributed by atoms with E-state index in [0.29, 0.717) is 18.3 Å². The molecule has 0 saturated heterocycles. The van der Waals surface area contributed by atoms with Gasteiger partial charge in [0.15, 0.2) is 0 Å². The summed E-state index contributed by atoms with van der Waals surface area (Å²) in [6.45, 7) is 3.71. The van der Waals surface area contributed by atoms with E-state index < -0.39 is 0 Å². The van der Waals surface area contributed by atoms with Crippen molar-refractivity contribution in [2.45, 2.75) is 45.6 Å². The molecule has 0 atom stereocenters. The lowest BCUT2D eigenvalue weighted by Gasteiger charge is -2.13. The zero-order chi connectivity index (χ0) is 15.2. The van der Waals surface area contributed by atoms with Gasteiger partial charge in [0.1, 0.15) is 0 Å². The maximum Gasteiger partial charge on any atom is 0.238 e. The predicted molar refractivity (Wildman–Crippen MR) is 84.4 cm³/mol. The van der Waals surface area contributed by atoms with Crippen molar-refractivity contribution >= 4 is 23.2 Å². The van der Waals surface area contributed by atoms with Gasteiger partial charge in [-0.3, -0.25) is 9.59 Å². The first kappa shape index (κ1) is 15.5. The molecule has 0 spiro atoms. The summed E-state index contributed by atoms with van der Waals surface area (Å²) in [6.07, 6.45) is 4.81. The van der Waals surface area contributed by atoms with E-state index in [4.69, 9.17) is 0 Å². The van der Waals surface area contributed by atoms with E-state index in [1.165, 1.54) is 19.8 Å². The minimum Gasteiger partial charge on any atom is -0.326 e. The van der Waals surface area contributed by atoms with E-state index in [9.17, 15) is 9.59 Å². The second-order valence-electron chi connectivity index (χ2n) is 5.62. The Kier molecular flexibility index (Phi) is 5.33. The Balaban J connectivity index is 1.89. The van der Waals surface area contributed by atoms with Gasteiger partial charge in [-0.2, -0.15) is 0 Å². The van der Waals surface area contributed by atoms with Gasteiger partial charge in [0.25, 0.3) is 0 Å². The summed E-state index contributed by atoms with van der Waals surface area (Å²) in [5, 5.41) is 8.89. The highest BCUT2D eigenvalue weighted by Gasteiger charge is 2.15. The van der Waals surface area contributed by atoms with Crippen LogP contribution >= 0.6 is 0 Å². The molecule has 1 aliphatic rings. The van der Waals surface area contributed by atoms with E-state index >= 15 is 0 Å². The van der Waals surface area contributed by atoms with Crippen molar-refractivity contribution in [2.24, 2.45) is 0 Å². The molecule has 1 fully saturated rings. The third-order valence-corrected chi connectivity index (χ3v) is 3.74. The van der Waals surface area contributed by atoms with Crippen molar-refractivity contribution in [3.63, 3.8) is 0 Å². The highest BCUT2D eigenvalue weighted by Crippen LogP contribution is 2.20. The van der Waals surface area contributed by atoms with Crippen molar-refractivity contribution in [3.8, 4) is 0 Å². The standard InChI is InChI=1S/C16H23N3O2/c1-11-7-8-14(9-15(11)18-12(2)20)19-16(21)10-17-13-5-3-4-6-13/h7-9,13,17H,3-6,10H2,1-2H3,(H,18,20)(H,19,21). The molecule has 0 heterocycles. The second kappa shape index (κ2) is 7.22. The molecule has 1 aliphatic carbocycles. The molecule has 3 N–H and O–H groups in total. The minimum atomic E-state index is -0.121. The summed E-state index contributed by atoms with van der Waals surface area (Å²) in [5.41, 5.74) is 2.39. The zero-order valence-electron chi connectivity index (χ0n) is 12.7. The van der Waals surface area contributed by atoms with Gasteiger partial charge in [-0.05, 0) is 37.5 Å². The monoisotopic (exact) mass is 289 g/mol. The number of rotatable bonds is 5. The molecule has 1 saturated carbocycles. The highest BCUT2D eigenvalue weighted by molar-refractivity contribution is 5.94. The molecule has 0 radical (unpaired) electrons. The van der Waals surface area contributed by atoms with Crippen molar-refractivity contribution in [1.82, 2.24) is 5.32 Å². The van der Waals surface area contributed by atoms with Crippen LogP contribution in [0, 0.1) is 6.92 Å². The van der Waals surface area contributed by atoms with Gasteiger partial charge in [-0.15, -0.1) is 0 Å². The van der Waals surface area contributed by atoms with Gasteiger partial charge in [0, 0.05) is 24.3 Å². The number of benzene rings is 1. The summed E-state index contributed by atoms with van der Waals surface area (Å²) in [7, 11) is 0. The molecule has 1 aromatic carbocycles. The van der Waals surface area contributed by atoms with E-state index in [1.54, 1.807) is 6.07 Å². The molecule has 1 aromatic rings. The topological polar surface area (TPSA) is 70.2 Å². The van der Waals surface area contributed by atoms with Gasteiger partial charge >= 0.3 is 0 Å². The molecule has 21 heavy (non-hydrogen) atoms. The third kappa shape index (κ3) is 4.86. The molecule has 5 nitrogen and oxygen atoms in total. The van der Waals surface area contributed by atoms with Crippen LogP contribution in [0.1, 0.15) is 38.2 Å². The van der Waals surface area contributed by atoms with Crippen LogP contribution in [-0.4, -0.2) is 24.4 Å². The second-order valence-corrected chi connectivity index (χ2v) is 5.62. The fourth-order valence-corrected chi connectivity index (χ4v) is 2.60. The number of carbonyl (C=O) groups excluding carboxylic acids is 2. The number of carbonyl (C=O) groups is 2. The quantitative estimate of drug-likeness (QED) is 0.779. The molecule has 0 aliphatic heterocycles. The summed E-state index contributed by atoms with van der Waals surface area (Å²) >= 11 is 0. The van der Waals surface area contributed by atoms with Crippen molar-refractivity contribution in [1.29, 1.82) is 0 Å². The molecule has 5 heteroatoms. The summed E-state index contributed by atoms with van der Waals surface area (Å²) in [5.74, 6) is -0.177. The fraction of sp³-hybridized carbons (Fsp3) is 0.500. The number of aryl methyl sites for hydroxylation is 1. The number of anilines is 2. The van der Waals surface area contributed by atoms with E-state index in [0.717, 1.165) is 24.1 Å². The Hall–Kier alpha value is -1.88.